The molecule has 7 rings (SSSR count). The standard InChI is InChI=1S/C43H50N4O4S/c1-5-26-6-10-28(11-7-26)29-14-16-30(17-15-29)32-24-44-39(45-25-32)31-12-8-27(9-13-31)22-35(46-40(48)37-20-21-38(52-37)43(2,3)4)41(49)47-33-18-19-36(47)34(23-33)42(50)51/h8-9,12-17,20-21,24-26,28,33-36H,5-7,10-11,18-19,22-23H2,1-4H3,(H,46,48)(H,50,51)/t26-,28-,33?,34?,35-,36?/m0/s1. The topological polar surface area (TPSA) is 112 Å². The van der Waals surface area contributed by atoms with Crippen molar-refractivity contribution in [2.45, 2.75) is 115 Å². The van der Waals surface area contributed by atoms with E-state index in [0.717, 1.165) is 39.5 Å². The number of carbonyl (C=O) groups is 3. The fourth-order valence-electron chi connectivity index (χ4n) is 8.57. The molecule has 2 aromatic heterocycles. The van der Waals surface area contributed by atoms with Gasteiger partial charge in [-0.2, -0.15) is 0 Å². The highest BCUT2D eigenvalue weighted by Crippen LogP contribution is 2.42. The van der Waals surface area contributed by atoms with Crippen molar-refractivity contribution in [3.8, 4) is 22.5 Å². The summed E-state index contributed by atoms with van der Waals surface area (Å²) in [5, 5.41) is 12.9. The number of nitrogens with zero attached hydrogens (tertiary/aromatic N) is 3. The number of aliphatic carboxylic acids is 1. The number of thiophene rings is 1. The summed E-state index contributed by atoms with van der Waals surface area (Å²) in [6, 6.07) is 19.2. The molecule has 8 nitrogen and oxygen atoms in total. The first-order valence-corrected chi connectivity index (χ1v) is 19.8. The van der Waals surface area contributed by atoms with Crippen LogP contribution in [-0.4, -0.2) is 55.9 Å². The third-order valence-electron chi connectivity index (χ3n) is 11.7. The number of hydrogen-bond acceptors (Lipinski definition) is 6. The first-order chi connectivity index (χ1) is 25.0. The first kappa shape index (κ1) is 36.0. The Morgan fingerprint density at radius 3 is 2.13 bits per heavy atom. The molecule has 3 fully saturated rings. The number of hydrogen-bond donors (Lipinski definition) is 2. The molecule has 2 amide bonds. The first-order valence-electron chi connectivity index (χ1n) is 19.0. The van der Waals surface area contributed by atoms with E-state index < -0.39 is 17.9 Å². The molecule has 1 saturated carbocycles. The zero-order chi connectivity index (χ0) is 36.6. The number of rotatable bonds is 10. The quantitative estimate of drug-likeness (QED) is 0.170. The minimum absolute atomic E-state index is 0.0939. The number of carbonyl (C=O) groups excluding carboxylic acids is 2. The van der Waals surface area contributed by atoms with Gasteiger partial charge in [-0.15, -0.1) is 11.3 Å². The van der Waals surface area contributed by atoms with E-state index in [1.165, 1.54) is 49.0 Å². The molecule has 4 aromatic rings. The lowest BCUT2D eigenvalue weighted by Crippen LogP contribution is -2.51. The molecule has 4 atom stereocenters. The van der Waals surface area contributed by atoms with Crippen molar-refractivity contribution in [2.24, 2.45) is 11.8 Å². The van der Waals surface area contributed by atoms with E-state index in [4.69, 9.17) is 0 Å². The van der Waals surface area contributed by atoms with Gasteiger partial charge in [0.05, 0.1) is 10.8 Å². The molecule has 4 heterocycles. The van der Waals surface area contributed by atoms with Crippen LogP contribution in [0.2, 0.25) is 0 Å². The van der Waals surface area contributed by atoms with Crippen molar-refractivity contribution in [1.82, 2.24) is 20.2 Å². The van der Waals surface area contributed by atoms with Crippen molar-refractivity contribution in [1.29, 1.82) is 0 Å². The molecule has 52 heavy (non-hydrogen) atoms. The molecule has 2 bridgehead atoms. The molecule has 3 aliphatic rings. The Hall–Kier alpha value is -4.37. The summed E-state index contributed by atoms with van der Waals surface area (Å²) in [5.41, 5.74) is 5.14. The summed E-state index contributed by atoms with van der Waals surface area (Å²) in [6.07, 6.45) is 12.5. The number of nitrogens with one attached hydrogen (secondary N) is 1. The minimum atomic E-state index is -0.859. The van der Waals surface area contributed by atoms with Crippen molar-refractivity contribution in [3.05, 3.63) is 93.9 Å². The van der Waals surface area contributed by atoms with Crippen LogP contribution in [-0.2, 0) is 21.4 Å². The molecule has 9 heteroatoms. The van der Waals surface area contributed by atoms with Gasteiger partial charge in [-0.05, 0) is 91.0 Å². The number of carboxylic acid groups (broad SMARTS) is 1. The fraction of sp³-hybridized carbons (Fsp3) is 0.465. The molecule has 3 unspecified atom stereocenters. The summed E-state index contributed by atoms with van der Waals surface area (Å²) in [5.74, 6) is 0.233. The number of aromatic nitrogens is 2. The molecule has 0 radical (unpaired) electrons. The number of fused-ring (bicyclic) bond motifs is 2. The van der Waals surface area contributed by atoms with Crippen molar-refractivity contribution < 1.29 is 19.5 Å². The van der Waals surface area contributed by atoms with Gasteiger partial charge < -0.3 is 15.3 Å². The van der Waals surface area contributed by atoms with E-state index >= 15 is 0 Å². The van der Waals surface area contributed by atoms with E-state index in [2.05, 4.69) is 67.2 Å². The maximum Gasteiger partial charge on any atom is 0.308 e. The normalized spacial score (nSPS) is 23.4. The molecule has 272 valence electrons. The van der Waals surface area contributed by atoms with E-state index in [0.29, 0.717) is 29.5 Å². The van der Waals surface area contributed by atoms with Crippen LogP contribution in [0.3, 0.4) is 0 Å². The van der Waals surface area contributed by atoms with Gasteiger partial charge in [-0.3, -0.25) is 14.4 Å². The SMILES string of the molecule is CC[C@H]1CC[C@H](c2ccc(-c3cnc(-c4ccc(C[C@H](NC(=O)c5ccc(C(C)(C)C)s5)C(=O)N5C6CCC5C(C(=O)O)C6)cc4)nc3)cc2)CC1. The third kappa shape index (κ3) is 7.56. The van der Waals surface area contributed by atoms with Gasteiger partial charge in [0.1, 0.15) is 6.04 Å². The predicted octanol–water partition coefficient (Wildman–Crippen LogP) is 8.66. The Balaban J connectivity index is 1.04. The maximum atomic E-state index is 14.2. The van der Waals surface area contributed by atoms with Gasteiger partial charge in [0.2, 0.25) is 5.91 Å². The lowest BCUT2D eigenvalue weighted by Gasteiger charge is -2.28. The van der Waals surface area contributed by atoms with Crippen LogP contribution in [0.1, 0.15) is 111 Å². The van der Waals surface area contributed by atoms with E-state index in [1.807, 2.05) is 48.8 Å². The summed E-state index contributed by atoms with van der Waals surface area (Å²) >= 11 is 1.44. The Labute approximate surface area is 311 Å². The summed E-state index contributed by atoms with van der Waals surface area (Å²) in [4.78, 5) is 52.5. The van der Waals surface area contributed by atoms with Crippen LogP contribution in [0.25, 0.3) is 22.5 Å². The number of carboxylic acids is 1. The van der Waals surface area contributed by atoms with E-state index in [9.17, 15) is 19.5 Å². The smallest absolute Gasteiger partial charge is 0.308 e. The zero-order valence-corrected chi connectivity index (χ0v) is 31.5. The molecule has 1 aliphatic carbocycles. The van der Waals surface area contributed by atoms with Crippen molar-refractivity contribution >= 4 is 29.1 Å². The van der Waals surface area contributed by atoms with Gasteiger partial charge in [-0.25, -0.2) is 9.97 Å². The predicted molar refractivity (Wildman–Crippen MR) is 205 cm³/mol. The molecule has 0 spiro atoms. The van der Waals surface area contributed by atoms with Crippen LogP contribution >= 0.6 is 11.3 Å². The summed E-state index contributed by atoms with van der Waals surface area (Å²) in [6.45, 7) is 8.62. The molecule has 2 N–H and O–H groups in total. The summed E-state index contributed by atoms with van der Waals surface area (Å²) in [7, 11) is 0. The molecular formula is C43H50N4O4S. The van der Waals surface area contributed by atoms with Gasteiger partial charge in [-0.1, -0.05) is 82.6 Å². The Morgan fingerprint density at radius 1 is 0.865 bits per heavy atom. The fourth-order valence-corrected chi connectivity index (χ4v) is 9.54. The molecule has 2 aromatic carbocycles. The second kappa shape index (κ2) is 14.9. The van der Waals surface area contributed by atoms with Crippen LogP contribution < -0.4 is 5.32 Å². The molecule has 2 saturated heterocycles. The minimum Gasteiger partial charge on any atom is -0.481 e. The third-order valence-corrected chi connectivity index (χ3v) is 13.2. The van der Waals surface area contributed by atoms with Gasteiger partial charge in [0.15, 0.2) is 5.82 Å². The Morgan fingerprint density at radius 2 is 1.54 bits per heavy atom. The summed E-state index contributed by atoms with van der Waals surface area (Å²) < 4.78 is 0. The highest BCUT2D eigenvalue weighted by molar-refractivity contribution is 7.14. The zero-order valence-electron chi connectivity index (χ0n) is 30.7. The molecular weight excluding hydrogens is 669 g/mol. The monoisotopic (exact) mass is 718 g/mol. The maximum absolute atomic E-state index is 14.2. The van der Waals surface area contributed by atoms with Crippen LogP contribution in [0.4, 0.5) is 0 Å². The van der Waals surface area contributed by atoms with Gasteiger partial charge in [0, 0.05) is 46.9 Å². The lowest BCUT2D eigenvalue weighted by atomic mass is 9.78. The largest absolute Gasteiger partial charge is 0.481 e. The highest BCUT2D eigenvalue weighted by atomic mass is 32.1. The Bertz CT molecular complexity index is 1890. The number of benzene rings is 2. The Kier molecular flexibility index (Phi) is 10.3. The second-order valence-electron chi connectivity index (χ2n) is 16.1. The average Bonchev–Trinajstić information content (AvgIpc) is 3.91. The van der Waals surface area contributed by atoms with Crippen molar-refractivity contribution in [2.75, 3.05) is 0 Å². The van der Waals surface area contributed by atoms with Crippen LogP contribution in [0.15, 0.2) is 73.1 Å². The number of amides is 2. The van der Waals surface area contributed by atoms with Crippen LogP contribution in [0.5, 0.6) is 0 Å². The van der Waals surface area contributed by atoms with E-state index in [1.54, 1.807) is 4.90 Å². The second-order valence-corrected chi connectivity index (χ2v) is 17.2. The van der Waals surface area contributed by atoms with Gasteiger partial charge in [0.25, 0.3) is 5.91 Å². The van der Waals surface area contributed by atoms with Gasteiger partial charge >= 0.3 is 5.97 Å². The lowest BCUT2D eigenvalue weighted by molar-refractivity contribution is -0.143. The van der Waals surface area contributed by atoms with Crippen molar-refractivity contribution in [3.63, 3.8) is 0 Å². The highest BCUT2D eigenvalue weighted by Gasteiger charge is 2.52. The van der Waals surface area contributed by atoms with Crippen LogP contribution in [0, 0.1) is 11.8 Å². The average molecular weight is 719 g/mol. The molecule has 2 aliphatic heterocycles. The van der Waals surface area contributed by atoms with E-state index in [-0.39, 0.29) is 35.7 Å².